The summed E-state index contributed by atoms with van der Waals surface area (Å²) in [5.74, 6) is -0.705. The Hall–Kier alpha value is -2.55. The number of allylic oxidation sites excluding steroid dienone is 1. The van der Waals surface area contributed by atoms with Crippen LogP contribution in [0.15, 0.2) is 47.0 Å². The maximum absolute atomic E-state index is 14.4. The van der Waals surface area contributed by atoms with E-state index in [-0.39, 0.29) is 28.9 Å². The van der Waals surface area contributed by atoms with Gasteiger partial charge in [0.1, 0.15) is 12.2 Å². The van der Waals surface area contributed by atoms with E-state index in [4.69, 9.17) is 13.7 Å². The average molecular weight is 497 g/mol. The predicted molar refractivity (Wildman–Crippen MR) is 136 cm³/mol. The van der Waals surface area contributed by atoms with E-state index in [0.717, 1.165) is 5.56 Å². The molecular formula is C27H36N2O5Si. The van der Waals surface area contributed by atoms with Crippen molar-refractivity contribution in [2.24, 2.45) is 5.92 Å². The molecule has 35 heavy (non-hydrogen) atoms. The second-order valence-electron chi connectivity index (χ2n) is 11.5. The Morgan fingerprint density at radius 1 is 1.17 bits per heavy atom. The first-order valence-electron chi connectivity index (χ1n) is 12.1. The minimum Gasteiger partial charge on any atom is -0.470 e. The first-order valence-corrected chi connectivity index (χ1v) is 15.0. The van der Waals surface area contributed by atoms with Crippen molar-refractivity contribution in [3.8, 4) is 5.88 Å². The molecule has 0 N–H and O–H groups in total. The Labute approximate surface area is 208 Å². The maximum Gasteiger partial charge on any atom is 0.265 e. The van der Waals surface area contributed by atoms with Crippen molar-refractivity contribution in [3.63, 3.8) is 0 Å². The number of aromatic nitrogens is 1. The van der Waals surface area contributed by atoms with E-state index < -0.39 is 31.2 Å². The molecule has 4 rings (SSSR count). The van der Waals surface area contributed by atoms with Crippen LogP contribution in [-0.2, 0) is 21.4 Å². The molecule has 0 saturated carbocycles. The number of nitrogens with zero attached hydrogens (tertiary/aromatic N) is 2. The molecule has 3 atom stereocenters. The molecule has 0 aliphatic heterocycles. The number of Topliss-reactive ketones (excluding diaryl/α,β-unsaturated/α-hetero) is 1. The number of carbonyl (C=O) groups excluding carboxylic acids is 2. The van der Waals surface area contributed by atoms with E-state index in [2.05, 4.69) is 39.0 Å². The van der Waals surface area contributed by atoms with Gasteiger partial charge in [-0.15, -0.1) is 0 Å². The molecule has 0 fully saturated rings. The number of ether oxygens (including phenoxy) is 1. The van der Waals surface area contributed by atoms with Gasteiger partial charge in [-0.2, -0.15) is 0 Å². The smallest absolute Gasteiger partial charge is 0.265 e. The normalized spacial score (nSPS) is 26.6. The Balaban J connectivity index is 1.90. The van der Waals surface area contributed by atoms with Crippen molar-refractivity contribution >= 4 is 19.9 Å². The van der Waals surface area contributed by atoms with E-state index in [1.165, 1.54) is 6.08 Å². The maximum atomic E-state index is 14.4. The van der Waals surface area contributed by atoms with E-state index in [0.29, 0.717) is 12.2 Å². The Morgan fingerprint density at radius 2 is 1.83 bits per heavy atom. The topological polar surface area (TPSA) is 81.9 Å². The highest BCUT2D eigenvalue weighted by atomic mass is 28.4. The van der Waals surface area contributed by atoms with Crippen LogP contribution >= 0.6 is 0 Å². The second kappa shape index (κ2) is 8.53. The van der Waals surface area contributed by atoms with E-state index >= 15 is 0 Å². The molecule has 1 heterocycles. The van der Waals surface area contributed by atoms with Gasteiger partial charge in [0.15, 0.2) is 25.5 Å². The van der Waals surface area contributed by atoms with E-state index in [1.807, 2.05) is 62.3 Å². The van der Waals surface area contributed by atoms with Crippen molar-refractivity contribution in [3.05, 3.63) is 59.4 Å². The zero-order valence-corrected chi connectivity index (χ0v) is 23.0. The van der Waals surface area contributed by atoms with Gasteiger partial charge in [0.2, 0.25) is 5.78 Å². The lowest BCUT2D eigenvalue weighted by atomic mass is 9.59. The Morgan fingerprint density at radius 3 is 2.43 bits per heavy atom. The number of ketones is 2. The highest BCUT2D eigenvalue weighted by Crippen LogP contribution is 2.56. The SMILES string of the molecule is CN(C)C1(C)c2onc(OCc3ccccc3)c2C(=O)C2(O[Si](C)(C)C(C)(C)C)C(=O)C=CC[C@H]21. The molecule has 2 aliphatic carbocycles. The molecule has 188 valence electrons. The third-order valence-corrected chi connectivity index (χ3v) is 12.7. The fourth-order valence-electron chi connectivity index (χ4n) is 4.90. The van der Waals surface area contributed by atoms with Gasteiger partial charge < -0.3 is 13.7 Å². The van der Waals surface area contributed by atoms with Gasteiger partial charge in [-0.1, -0.05) is 57.2 Å². The van der Waals surface area contributed by atoms with Gasteiger partial charge in [-0.3, -0.25) is 14.5 Å². The predicted octanol–water partition coefficient (Wildman–Crippen LogP) is 5.13. The quantitative estimate of drug-likeness (QED) is 0.405. The summed E-state index contributed by atoms with van der Waals surface area (Å²) in [4.78, 5) is 30.2. The largest absolute Gasteiger partial charge is 0.470 e. The molecule has 0 spiro atoms. The minimum atomic E-state index is -2.57. The first-order chi connectivity index (χ1) is 16.3. The fraction of sp³-hybridized carbons (Fsp3) is 0.519. The molecule has 0 saturated heterocycles. The lowest BCUT2D eigenvalue weighted by Gasteiger charge is -2.55. The summed E-state index contributed by atoms with van der Waals surface area (Å²) >= 11 is 0. The van der Waals surface area contributed by atoms with Crippen LogP contribution in [0.2, 0.25) is 18.1 Å². The summed E-state index contributed by atoms with van der Waals surface area (Å²) < 4.78 is 18.7. The van der Waals surface area contributed by atoms with Crippen molar-refractivity contribution in [2.45, 2.75) is 70.0 Å². The van der Waals surface area contributed by atoms with Crippen LogP contribution in [0.1, 0.15) is 55.8 Å². The lowest BCUT2D eigenvalue weighted by molar-refractivity contribution is -0.140. The van der Waals surface area contributed by atoms with E-state index in [9.17, 15) is 9.59 Å². The molecule has 7 nitrogen and oxygen atoms in total. The van der Waals surface area contributed by atoms with Crippen molar-refractivity contribution in [2.75, 3.05) is 14.1 Å². The molecule has 1 aromatic carbocycles. The van der Waals surface area contributed by atoms with Crippen molar-refractivity contribution in [1.82, 2.24) is 10.1 Å². The average Bonchev–Trinajstić information content (AvgIpc) is 3.21. The number of hydrogen-bond acceptors (Lipinski definition) is 7. The Bertz CT molecular complexity index is 1160. The number of carbonyl (C=O) groups is 2. The van der Waals surface area contributed by atoms with Crippen LogP contribution in [0.25, 0.3) is 0 Å². The summed E-state index contributed by atoms with van der Waals surface area (Å²) in [6, 6.07) is 9.64. The number of benzene rings is 1. The molecular weight excluding hydrogens is 460 g/mol. The second-order valence-corrected chi connectivity index (χ2v) is 16.2. The zero-order chi connectivity index (χ0) is 25.8. The third-order valence-electron chi connectivity index (χ3n) is 8.23. The van der Waals surface area contributed by atoms with Gasteiger partial charge in [-0.05, 0) is 62.4 Å². The van der Waals surface area contributed by atoms with Crippen LogP contribution in [0.4, 0.5) is 0 Å². The molecule has 8 heteroatoms. The molecule has 0 radical (unpaired) electrons. The third kappa shape index (κ3) is 3.82. The van der Waals surface area contributed by atoms with Crippen LogP contribution < -0.4 is 4.74 Å². The molecule has 0 bridgehead atoms. The highest BCUT2D eigenvalue weighted by molar-refractivity contribution is 6.74. The van der Waals surface area contributed by atoms with Gasteiger partial charge in [0.05, 0.1) is 5.54 Å². The van der Waals surface area contributed by atoms with Crippen molar-refractivity contribution in [1.29, 1.82) is 0 Å². The van der Waals surface area contributed by atoms with Gasteiger partial charge >= 0.3 is 0 Å². The minimum absolute atomic E-state index is 0.0981. The highest BCUT2D eigenvalue weighted by Gasteiger charge is 2.68. The summed E-state index contributed by atoms with van der Waals surface area (Å²) in [6.07, 6.45) is 3.84. The molecule has 2 unspecified atom stereocenters. The van der Waals surface area contributed by atoms with Gasteiger partial charge in [0.25, 0.3) is 5.88 Å². The molecule has 2 aliphatic rings. The Kier molecular flexibility index (Phi) is 6.23. The van der Waals surface area contributed by atoms with Crippen LogP contribution in [-0.4, -0.2) is 49.6 Å². The van der Waals surface area contributed by atoms with Crippen LogP contribution in [0, 0.1) is 5.92 Å². The molecule has 2 aromatic rings. The lowest BCUT2D eigenvalue weighted by Crippen LogP contribution is -2.70. The summed E-state index contributed by atoms with van der Waals surface area (Å²) in [5.41, 5.74) is -1.35. The monoisotopic (exact) mass is 496 g/mol. The number of hydrogen-bond donors (Lipinski definition) is 0. The van der Waals surface area contributed by atoms with E-state index in [1.54, 1.807) is 0 Å². The zero-order valence-electron chi connectivity index (χ0n) is 22.0. The van der Waals surface area contributed by atoms with Crippen molar-refractivity contribution < 1.29 is 23.3 Å². The summed E-state index contributed by atoms with van der Waals surface area (Å²) in [7, 11) is 1.28. The van der Waals surface area contributed by atoms with Gasteiger partial charge in [0, 0.05) is 5.92 Å². The fourth-order valence-corrected chi connectivity index (χ4v) is 6.34. The standard InChI is InChI=1S/C27H36N2O5Si/c1-25(2,3)35(7,8)34-27-19(15-12-16-20(27)30)26(4,29(5)6)23-21(22(27)31)24(28-33-23)32-17-18-13-10-9-11-14-18/h9-14,16,19H,15,17H2,1-8H3/t19-,26?,27?/m0/s1. The summed E-state index contributed by atoms with van der Waals surface area (Å²) in [6.45, 7) is 12.7. The molecule has 0 amide bonds. The van der Waals surface area contributed by atoms with Crippen LogP contribution in [0.3, 0.4) is 0 Å². The van der Waals surface area contributed by atoms with Gasteiger partial charge in [-0.25, -0.2) is 0 Å². The summed E-state index contributed by atoms with van der Waals surface area (Å²) in [5, 5.41) is 3.98. The number of rotatable bonds is 6. The van der Waals surface area contributed by atoms with Crippen LogP contribution in [0.5, 0.6) is 5.88 Å². The molecule has 1 aromatic heterocycles. The first kappa shape index (κ1) is 25.5. The number of fused-ring (bicyclic) bond motifs is 2.